The molecule has 1 saturated heterocycles. The Morgan fingerprint density at radius 1 is 1.02 bits per heavy atom. The summed E-state index contributed by atoms with van der Waals surface area (Å²) < 4.78 is 4.31. The Morgan fingerprint density at radius 2 is 1.64 bits per heavy atom. The average molecular weight is 701 g/mol. The predicted octanol–water partition coefficient (Wildman–Crippen LogP) is 3.53. The highest BCUT2D eigenvalue weighted by molar-refractivity contribution is 6.51. The van der Waals surface area contributed by atoms with Crippen LogP contribution < -0.4 is 21.3 Å². The number of urea groups is 1. The summed E-state index contributed by atoms with van der Waals surface area (Å²) >= 11 is 13.0. The first kappa shape index (κ1) is 38.6. The normalized spacial score (nSPS) is 23.9. The van der Waals surface area contributed by atoms with Gasteiger partial charge in [0.1, 0.15) is 22.0 Å². The molecule has 2 aliphatic carbocycles. The summed E-state index contributed by atoms with van der Waals surface area (Å²) in [5.41, 5.74) is -1.79. The van der Waals surface area contributed by atoms with Crippen LogP contribution in [0.3, 0.4) is 0 Å². The fourth-order valence-corrected chi connectivity index (χ4v) is 7.17. The number of nitrogens with one attached hydrogen (secondary N) is 4. The Morgan fingerprint density at radius 3 is 2.19 bits per heavy atom. The second-order valence-corrected chi connectivity index (χ2v) is 16.8. The number of ketones is 1. The minimum Gasteiger partial charge on any atom is -0.459 e. The van der Waals surface area contributed by atoms with Gasteiger partial charge in [-0.15, -0.1) is 29.8 Å². The summed E-state index contributed by atoms with van der Waals surface area (Å²) in [4.78, 5) is 80.5. The Bertz CT molecular complexity index is 1250. The van der Waals surface area contributed by atoms with E-state index >= 15 is 0 Å². The van der Waals surface area contributed by atoms with Gasteiger partial charge in [-0.3, -0.25) is 24.0 Å². The van der Waals surface area contributed by atoms with E-state index in [4.69, 9.17) is 27.9 Å². The molecule has 3 fully saturated rings. The third-order valence-electron chi connectivity index (χ3n) is 8.91. The molecule has 1 aliphatic heterocycles. The minimum atomic E-state index is -1.25. The van der Waals surface area contributed by atoms with Gasteiger partial charge in [-0.25, -0.2) is 4.79 Å². The number of esters is 1. The van der Waals surface area contributed by atoms with Crippen LogP contribution in [-0.2, 0) is 28.7 Å². The van der Waals surface area contributed by atoms with Crippen molar-refractivity contribution in [2.24, 2.45) is 17.3 Å². The van der Waals surface area contributed by atoms with Crippen molar-refractivity contribution in [3.63, 3.8) is 0 Å². The summed E-state index contributed by atoms with van der Waals surface area (Å²) in [5.74, 6) is -4.54. The van der Waals surface area contributed by atoms with Crippen LogP contribution >= 0.6 is 23.2 Å². The number of allylic oxidation sites excluding steroid dienone is 1. The Balaban J connectivity index is 1.71. The van der Waals surface area contributed by atoms with Gasteiger partial charge >= 0.3 is 12.0 Å². The second-order valence-electron chi connectivity index (χ2n) is 15.3. The highest BCUT2D eigenvalue weighted by Crippen LogP contribution is 2.65. The van der Waals surface area contributed by atoms with E-state index in [2.05, 4.69) is 27.8 Å². The molecule has 5 amide bonds. The van der Waals surface area contributed by atoms with Crippen molar-refractivity contribution in [2.75, 3.05) is 13.1 Å². The Labute approximate surface area is 287 Å². The summed E-state index contributed by atoms with van der Waals surface area (Å²) in [7, 11) is 0. The molecule has 3 aliphatic rings. The number of amides is 5. The van der Waals surface area contributed by atoms with Crippen LogP contribution in [0.2, 0.25) is 0 Å². The van der Waals surface area contributed by atoms with E-state index in [0.29, 0.717) is 6.42 Å². The lowest BCUT2D eigenvalue weighted by molar-refractivity contribution is -0.157. The van der Waals surface area contributed by atoms with Crippen LogP contribution in [0, 0.1) is 17.3 Å². The molecule has 0 aromatic rings. The monoisotopic (exact) mass is 699 g/mol. The first-order valence-electron chi connectivity index (χ1n) is 16.3. The van der Waals surface area contributed by atoms with Crippen molar-refractivity contribution in [2.45, 2.75) is 127 Å². The van der Waals surface area contributed by atoms with E-state index in [1.165, 1.54) is 4.90 Å². The maximum atomic E-state index is 14.0. The van der Waals surface area contributed by atoms with Crippen LogP contribution in [-0.4, -0.2) is 87.1 Å². The Hall–Kier alpha value is -2.86. The number of carbonyl (C=O) groups excluding carboxylic acids is 6. The van der Waals surface area contributed by atoms with E-state index in [9.17, 15) is 28.8 Å². The van der Waals surface area contributed by atoms with E-state index in [1.54, 1.807) is 26.8 Å². The molecule has 12 nitrogen and oxygen atoms in total. The molecule has 47 heavy (non-hydrogen) atoms. The van der Waals surface area contributed by atoms with E-state index < -0.39 is 86.4 Å². The fourth-order valence-electron chi connectivity index (χ4n) is 6.34. The van der Waals surface area contributed by atoms with Crippen molar-refractivity contribution >= 4 is 58.7 Å². The SMILES string of the molecule is C=CCC[C@H](NC(=O)[C@@H]1[C@@H]2[C@H](CN1C(=O)[C@@H](NC(=O)NC(C)(C)C)C(C)(C)C)C2(Cl)Cl)C(=O)C(=O)NCCC(=O)OC1(C)CCCC1. The number of carbonyl (C=O) groups is 6. The molecule has 0 radical (unpaired) electrons. The molecule has 0 aromatic carbocycles. The highest BCUT2D eigenvalue weighted by Gasteiger charge is 2.74. The van der Waals surface area contributed by atoms with Crippen molar-refractivity contribution in [3.05, 3.63) is 12.7 Å². The molecule has 0 bridgehead atoms. The molecule has 3 rings (SSSR count). The number of ether oxygens (including phenoxy) is 1. The number of Topliss-reactive ketones (excluding diaryl/α,β-unsaturated/α-hetero) is 1. The molecule has 0 spiro atoms. The lowest BCUT2D eigenvalue weighted by Gasteiger charge is -2.38. The first-order chi connectivity index (χ1) is 21.6. The Kier molecular flexibility index (Phi) is 12.1. The number of hydrogen-bond donors (Lipinski definition) is 4. The van der Waals surface area contributed by atoms with E-state index in [0.717, 1.165) is 25.7 Å². The molecular weight excluding hydrogens is 649 g/mol. The largest absolute Gasteiger partial charge is 0.459 e. The number of rotatable bonds is 13. The molecular formula is C33H51Cl2N5O7. The molecule has 1 heterocycles. The minimum absolute atomic E-state index is 0.0721. The summed E-state index contributed by atoms with van der Waals surface area (Å²) in [6, 6.07) is -3.94. The summed E-state index contributed by atoms with van der Waals surface area (Å²) in [5, 5.41) is 10.7. The van der Waals surface area contributed by atoms with E-state index in [1.807, 2.05) is 27.7 Å². The molecule has 5 atom stereocenters. The molecule has 14 heteroatoms. The van der Waals surface area contributed by atoms with Gasteiger partial charge in [0.05, 0.1) is 12.5 Å². The molecule has 2 saturated carbocycles. The molecule has 4 N–H and O–H groups in total. The number of nitrogens with zero attached hydrogens (tertiary/aromatic N) is 1. The third kappa shape index (κ3) is 9.84. The van der Waals surface area contributed by atoms with Crippen molar-refractivity contribution in [3.8, 4) is 0 Å². The standard InChI is InChI=1S/C33H51Cl2N5O7/c1-9-10-13-20(24(42)27(44)36-17-14-21(41)47-32(8)15-11-12-16-32)37-26(43)23-22-19(33(22,34)35)18-40(23)28(45)25(30(2,3)4)38-29(46)39-31(5,6)7/h9,19-20,22-23,25H,1,10-18H2,2-8H3,(H,36,44)(H,37,43)(H2,38,39,46)/t19-,20-,22-,23-,25+/m0/s1. The lowest BCUT2D eigenvalue weighted by atomic mass is 9.85. The molecule has 0 unspecified atom stereocenters. The average Bonchev–Trinajstić information content (AvgIpc) is 3.30. The number of halogens is 2. The number of likely N-dealkylation sites (tertiary alicyclic amines) is 1. The fraction of sp³-hybridized carbons (Fsp3) is 0.758. The van der Waals surface area contributed by atoms with Gasteiger partial charge in [0, 0.05) is 30.5 Å². The molecule has 264 valence electrons. The van der Waals surface area contributed by atoms with Crippen LogP contribution in [0.25, 0.3) is 0 Å². The van der Waals surface area contributed by atoms with Gasteiger partial charge in [-0.1, -0.05) is 26.8 Å². The zero-order valence-electron chi connectivity index (χ0n) is 28.6. The smallest absolute Gasteiger partial charge is 0.315 e. The van der Waals surface area contributed by atoms with Crippen molar-refractivity contribution in [1.82, 2.24) is 26.2 Å². The predicted molar refractivity (Wildman–Crippen MR) is 179 cm³/mol. The van der Waals surface area contributed by atoms with Gasteiger partial charge in [0.2, 0.25) is 17.6 Å². The third-order valence-corrected chi connectivity index (χ3v) is 9.98. The van der Waals surface area contributed by atoms with Crippen molar-refractivity contribution in [1.29, 1.82) is 0 Å². The van der Waals surface area contributed by atoms with Crippen LogP contribution in [0.1, 0.15) is 93.4 Å². The second kappa shape index (κ2) is 14.7. The van der Waals surface area contributed by atoms with Gasteiger partial charge in [-0.05, 0) is 71.6 Å². The quantitative estimate of drug-likeness (QED) is 0.0989. The summed E-state index contributed by atoms with van der Waals surface area (Å²) in [6.45, 7) is 16.3. The zero-order valence-corrected chi connectivity index (χ0v) is 30.1. The lowest BCUT2D eigenvalue weighted by Crippen LogP contribution is -2.62. The zero-order chi connectivity index (χ0) is 35.5. The molecule has 0 aromatic heterocycles. The maximum Gasteiger partial charge on any atom is 0.315 e. The van der Waals surface area contributed by atoms with E-state index in [-0.39, 0.29) is 25.9 Å². The number of hydrogen-bond acceptors (Lipinski definition) is 7. The van der Waals surface area contributed by atoms with Gasteiger partial charge in [0.15, 0.2) is 0 Å². The van der Waals surface area contributed by atoms with Crippen LogP contribution in [0.5, 0.6) is 0 Å². The summed E-state index contributed by atoms with van der Waals surface area (Å²) in [6.07, 6.45) is 5.37. The number of fused-ring (bicyclic) bond motifs is 1. The van der Waals surface area contributed by atoms with Gasteiger partial charge < -0.3 is 30.9 Å². The van der Waals surface area contributed by atoms with Crippen LogP contribution in [0.15, 0.2) is 12.7 Å². The van der Waals surface area contributed by atoms with Crippen molar-refractivity contribution < 1.29 is 33.5 Å². The number of piperidine rings is 1. The maximum absolute atomic E-state index is 14.0. The van der Waals surface area contributed by atoms with Gasteiger partial charge in [-0.2, -0.15) is 0 Å². The van der Waals surface area contributed by atoms with Crippen LogP contribution in [0.4, 0.5) is 4.79 Å². The van der Waals surface area contributed by atoms with Gasteiger partial charge in [0.25, 0.3) is 5.91 Å². The first-order valence-corrected chi connectivity index (χ1v) is 17.1. The number of alkyl halides is 2. The topological polar surface area (TPSA) is 163 Å². The highest BCUT2D eigenvalue weighted by atomic mass is 35.5.